The van der Waals surface area contributed by atoms with Crippen molar-refractivity contribution in [1.29, 1.82) is 5.26 Å². The highest BCUT2D eigenvalue weighted by molar-refractivity contribution is 7.19. The molecule has 0 atom stereocenters. The van der Waals surface area contributed by atoms with Crippen LogP contribution < -0.4 is 20.7 Å². The van der Waals surface area contributed by atoms with E-state index in [0.29, 0.717) is 11.3 Å². The average Bonchev–Trinajstić information content (AvgIpc) is 3.49. The van der Waals surface area contributed by atoms with Gasteiger partial charge in [0, 0.05) is 10.9 Å². The molecule has 1 aromatic heterocycles. The zero-order chi connectivity index (χ0) is 32.5. The second-order valence-corrected chi connectivity index (χ2v) is 15.7. The number of rotatable bonds is 6. The topological polar surface area (TPSA) is 33.1 Å². The summed E-state index contributed by atoms with van der Waals surface area (Å²) in [5.74, 6) is 0. The normalized spacial score (nSPS) is 11.3. The Hall–Kier alpha value is -6.46. The summed E-state index contributed by atoms with van der Waals surface area (Å²) >= 11 is 0. The molecule has 0 spiro atoms. The van der Waals surface area contributed by atoms with Gasteiger partial charge in [0.2, 0.25) is 0 Å². The highest BCUT2D eigenvalue weighted by Gasteiger charge is 2.41. The van der Waals surface area contributed by atoms with E-state index in [4.69, 9.17) is 6.57 Å². The lowest BCUT2D eigenvalue weighted by Crippen LogP contribution is -2.74. The fraction of sp³-hybridized carbons (Fsp3) is 0. The molecule has 7 aromatic carbocycles. The van der Waals surface area contributed by atoms with E-state index in [9.17, 15) is 5.26 Å². The van der Waals surface area contributed by atoms with E-state index in [-0.39, 0.29) is 0 Å². The zero-order valence-corrected chi connectivity index (χ0v) is 27.1. The van der Waals surface area contributed by atoms with Gasteiger partial charge in [-0.2, -0.15) is 5.26 Å². The number of nitriles is 1. The predicted molar refractivity (Wildman–Crippen MR) is 201 cm³/mol. The van der Waals surface area contributed by atoms with Crippen LogP contribution >= 0.6 is 0 Å². The quantitative estimate of drug-likeness (QED) is 0.104. The Morgan fingerprint density at radius 2 is 1.02 bits per heavy atom. The van der Waals surface area contributed by atoms with Crippen molar-refractivity contribution < 1.29 is 0 Å². The number of para-hydroxylation sites is 1. The second kappa shape index (κ2) is 12.0. The van der Waals surface area contributed by atoms with Crippen molar-refractivity contribution in [2.75, 3.05) is 0 Å². The molecule has 8 rings (SSSR count). The number of benzene rings is 7. The Balaban J connectivity index is 1.34. The number of aromatic nitrogens is 1. The van der Waals surface area contributed by atoms with E-state index < -0.39 is 8.07 Å². The van der Waals surface area contributed by atoms with Crippen LogP contribution in [0.2, 0.25) is 0 Å². The third-order valence-electron chi connectivity index (χ3n) is 9.40. The van der Waals surface area contributed by atoms with E-state index in [1.165, 1.54) is 20.7 Å². The lowest BCUT2D eigenvalue weighted by atomic mass is 10.0. The van der Waals surface area contributed by atoms with Crippen LogP contribution in [0.3, 0.4) is 0 Å². The molecular weight excluding hydrogens is 599 g/mol. The van der Waals surface area contributed by atoms with Crippen molar-refractivity contribution in [2.45, 2.75) is 0 Å². The molecule has 0 aliphatic heterocycles. The smallest absolute Gasteiger partial charge is 0.188 e. The summed E-state index contributed by atoms with van der Waals surface area (Å²) in [6, 6.07) is 64.5. The minimum atomic E-state index is -2.64. The van der Waals surface area contributed by atoms with Crippen molar-refractivity contribution in [3.05, 3.63) is 193 Å². The molecule has 0 fully saturated rings. The maximum atomic E-state index is 9.68. The molecule has 0 unspecified atom stereocenters. The molecule has 0 aliphatic rings. The molecule has 0 amide bonds. The molecule has 48 heavy (non-hydrogen) atoms. The van der Waals surface area contributed by atoms with Gasteiger partial charge in [-0.25, -0.2) is 4.85 Å². The first kappa shape index (κ1) is 29.0. The number of hydrogen-bond acceptors (Lipinski definition) is 1. The highest BCUT2D eigenvalue weighted by atomic mass is 28.3. The number of hydrogen-bond donors (Lipinski definition) is 0. The van der Waals surface area contributed by atoms with Gasteiger partial charge in [-0.1, -0.05) is 140 Å². The van der Waals surface area contributed by atoms with Crippen LogP contribution in [0.25, 0.3) is 43.5 Å². The minimum Gasteiger partial charge on any atom is -0.309 e. The fourth-order valence-electron chi connectivity index (χ4n) is 7.29. The average molecular weight is 628 g/mol. The van der Waals surface area contributed by atoms with E-state index in [2.05, 4.69) is 155 Å². The standard InChI is InChI=1S/C44H29N3Si/c1-46-34-24-28-44-41(30-34)40-29-32(31-45)21-27-43(40)47(44)42-20-12-11-19-39(42)33-22-25-38(26-23-33)48(35-13-5-2-6-14-35,36-15-7-3-8-16-36)37-17-9-4-10-18-37/h2-30H. The zero-order valence-electron chi connectivity index (χ0n) is 26.1. The summed E-state index contributed by atoms with van der Waals surface area (Å²) in [5.41, 5.74) is 6.44. The largest absolute Gasteiger partial charge is 0.309 e. The van der Waals surface area contributed by atoms with E-state index in [0.717, 1.165) is 38.6 Å². The van der Waals surface area contributed by atoms with Crippen LogP contribution in [-0.4, -0.2) is 12.6 Å². The molecular formula is C44H29N3Si. The molecule has 0 bridgehead atoms. The summed E-state index contributed by atoms with van der Waals surface area (Å²) in [6.07, 6.45) is 0. The van der Waals surface area contributed by atoms with Crippen LogP contribution in [0, 0.1) is 17.9 Å². The van der Waals surface area contributed by atoms with Gasteiger partial charge in [-0.15, -0.1) is 0 Å². The van der Waals surface area contributed by atoms with Gasteiger partial charge in [-0.05, 0) is 68.1 Å². The van der Waals surface area contributed by atoms with Crippen molar-refractivity contribution in [2.24, 2.45) is 0 Å². The van der Waals surface area contributed by atoms with Crippen molar-refractivity contribution in [3.8, 4) is 22.9 Å². The number of fused-ring (bicyclic) bond motifs is 3. The van der Waals surface area contributed by atoms with Gasteiger partial charge in [-0.3, -0.25) is 0 Å². The van der Waals surface area contributed by atoms with Crippen molar-refractivity contribution >= 4 is 56.3 Å². The Morgan fingerprint density at radius 3 is 1.58 bits per heavy atom. The summed E-state index contributed by atoms with van der Waals surface area (Å²) in [4.78, 5) is 3.69. The van der Waals surface area contributed by atoms with Gasteiger partial charge in [0.25, 0.3) is 0 Å². The van der Waals surface area contributed by atoms with Crippen molar-refractivity contribution in [1.82, 2.24) is 4.57 Å². The van der Waals surface area contributed by atoms with Crippen LogP contribution in [0.4, 0.5) is 5.69 Å². The van der Waals surface area contributed by atoms with Gasteiger partial charge in [0.15, 0.2) is 13.8 Å². The maximum Gasteiger partial charge on any atom is 0.188 e. The first-order valence-corrected chi connectivity index (χ1v) is 17.9. The molecule has 1 heterocycles. The molecule has 4 heteroatoms. The summed E-state index contributed by atoms with van der Waals surface area (Å²) in [7, 11) is -2.64. The maximum absolute atomic E-state index is 9.68. The molecule has 224 valence electrons. The predicted octanol–water partition coefficient (Wildman–Crippen LogP) is 8.25. The molecule has 3 nitrogen and oxygen atoms in total. The van der Waals surface area contributed by atoms with Gasteiger partial charge in [0.05, 0.1) is 34.9 Å². The van der Waals surface area contributed by atoms with E-state index in [1.807, 2.05) is 36.4 Å². The molecule has 0 N–H and O–H groups in total. The van der Waals surface area contributed by atoms with E-state index >= 15 is 0 Å². The Labute approximate surface area is 281 Å². The van der Waals surface area contributed by atoms with Gasteiger partial charge < -0.3 is 4.57 Å². The van der Waals surface area contributed by atoms with Crippen LogP contribution in [0.5, 0.6) is 0 Å². The Morgan fingerprint density at radius 1 is 0.521 bits per heavy atom. The third kappa shape index (κ3) is 4.64. The lowest BCUT2D eigenvalue weighted by Gasteiger charge is -2.34. The summed E-state index contributed by atoms with van der Waals surface area (Å²) in [6.45, 7) is 7.62. The molecule has 0 saturated heterocycles. The van der Waals surface area contributed by atoms with Gasteiger partial charge in [0.1, 0.15) is 0 Å². The SMILES string of the molecule is [C-]#[N+]c1ccc2c(c1)c1cc(C#N)ccc1n2-c1ccccc1-c1ccc([Si](c2ccccc2)(c2ccccc2)c2ccccc2)cc1. The number of nitrogens with zero attached hydrogens (tertiary/aromatic N) is 3. The van der Waals surface area contributed by atoms with Gasteiger partial charge >= 0.3 is 0 Å². The Bertz CT molecular complexity index is 2340. The van der Waals surface area contributed by atoms with Crippen molar-refractivity contribution in [3.63, 3.8) is 0 Å². The summed E-state index contributed by atoms with van der Waals surface area (Å²) < 4.78 is 2.26. The first-order chi connectivity index (χ1) is 23.7. The molecule has 0 saturated carbocycles. The first-order valence-electron chi connectivity index (χ1n) is 15.9. The monoisotopic (exact) mass is 627 g/mol. The minimum absolute atomic E-state index is 0.579. The fourth-order valence-corrected chi connectivity index (χ4v) is 12.0. The Kier molecular flexibility index (Phi) is 7.27. The third-order valence-corrected chi connectivity index (χ3v) is 14.2. The molecule has 0 radical (unpaired) electrons. The lowest BCUT2D eigenvalue weighted by molar-refractivity contribution is 1.18. The van der Waals surface area contributed by atoms with Crippen LogP contribution in [-0.2, 0) is 0 Å². The van der Waals surface area contributed by atoms with Crippen LogP contribution in [0.15, 0.2) is 176 Å². The molecule has 8 aromatic rings. The molecule has 0 aliphatic carbocycles. The van der Waals surface area contributed by atoms with Crippen LogP contribution in [0.1, 0.15) is 5.56 Å². The second-order valence-electron chi connectivity index (χ2n) is 11.9. The highest BCUT2D eigenvalue weighted by Crippen LogP contribution is 2.38. The van der Waals surface area contributed by atoms with E-state index in [1.54, 1.807) is 0 Å². The summed E-state index contributed by atoms with van der Waals surface area (Å²) in [5, 5.41) is 17.0.